The second-order valence-corrected chi connectivity index (χ2v) is 5.92. The summed E-state index contributed by atoms with van der Waals surface area (Å²) in [5, 5.41) is 4.47. The summed E-state index contributed by atoms with van der Waals surface area (Å²) in [5.74, 6) is 1.86. The van der Waals surface area contributed by atoms with Crippen molar-refractivity contribution in [1.82, 2.24) is 29.3 Å². The van der Waals surface area contributed by atoms with Crippen molar-refractivity contribution in [3.8, 4) is 0 Å². The molecule has 0 unspecified atom stereocenters. The number of aromatic nitrogens is 6. The highest BCUT2D eigenvalue weighted by molar-refractivity contribution is 5.85. The standard InChI is InChI=1S/C15H22N8/c1-8-11(9(2)23(6)20-8)7-21(4)13-12-14(19-15(16)18-13)22(5)10(3)17-12/h7H2,1-6H3,(H2,16,18,19). The minimum absolute atomic E-state index is 0.252. The summed E-state index contributed by atoms with van der Waals surface area (Å²) < 4.78 is 3.82. The second kappa shape index (κ2) is 5.22. The van der Waals surface area contributed by atoms with Crippen LogP contribution >= 0.6 is 0 Å². The second-order valence-electron chi connectivity index (χ2n) is 5.92. The SMILES string of the molecule is Cc1nn(C)c(C)c1CN(C)c1nc(N)nc2c1nc(C)n2C. The maximum atomic E-state index is 5.89. The van der Waals surface area contributed by atoms with Gasteiger partial charge in [0.25, 0.3) is 0 Å². The Bertz CT molecular complexity index is 889. The average molecular weight is 314 g/mol. The maximum absolute atomic E-state index is 5.89. The molecule has 8 nitrogen and oxygen atoms in total. The van der Waals surface area contributed by atoms with Gasteiger partial charge in [0.05, 0.1) is 5.69 Å². The van der Waals surface area contributed by atoms with Crippen LogP contribution in [0.4, 0.5) is 11.8 Å². The van der Waals surface area contributed by atoms with Gasteiger partial charge in [0.15, 0.2) is 17.0 Å². The Morgan fingerprint density at radius 3 is 2.39 bits per heavy atom. The number of hydrogen-bond donors (Lipinski definition) is 1. The van der Waals surface area contributed by atoms with Crippen LogP contribution in [0, 0.1) is 20.8 Å². The van der Waals surface area contributed by atoms with Crippen molar-refractivity contribution in [2.24, 2.45) is 14.1 Å². The maximum Gasteiger partial charge on any atom is 0.224 e. The molecule has 122 valence electrons. The van der Waals surface area contributed by atoms with Crippen molar-refractivity contribution in [2.45, 2.75) is 27.3 Å². The molecule has 2 N–H and O–H groups in total. The zero-order chi connectivity index (χ0) is 16.9. The molecule has 0 saturated carbocycles. The van der Waals surface area contributed by atoms with E-state index in [1.54, 1.807) is 0 Å². The van der Waals surface area contributed by atoms with Crippen LogP contribution in [0.2, 0.25) is 0 Å². The molecule has 3 aromatic rings. The summed E-state index contributed by atoms with van der Waals surface area (Å²) in [5.41, 5.74) is 10.8. The Morgan fingerprint density at radius 1 is 1.09 bits per heavy atom. The van der Waals surface area contributed by atoms with E-state index in [1.807, 2.05) is 49.1 Å². The number of imidazole rings is 1. The Balaban J connectivity index is 2.07. The predicted octanol–water partition coefficient (Wildman–Crippen LogP) is 1.24. The van der Waals surface area contributed by atoms with Gasteiger partial charge in [-0.15, -0.1) is 0 Å². The van der Waals surface area contributed by atoms with Crippen molar-refractivity contribution >= 4 is 22.9 Å². The monoisotopic (exact) mass is 314 g/mol. The lowest BCUT2D eigenvalue weighted by atomic mass is 10.2. The first kappa shape index (κ1) is 15.3. The number of nitrogen functional groups attached to an aromatic ring is 1. The third-order valence-corrected chi connectivity index (χ3v) is 4.36. The van der Waals surface area contributed by atoms with Crippen molar-refractivity contribution in [2.75, 3.05) is 17.7 Å². The van der Waals surface area contributed by atoms with E-state index < -0.39 is 0 Å². The Morgan fingerprint density at radius 2 is 1.78 bits per heavy atom. The molecule has 0 radical (unpaired) electrons. The Labute approximate surface area is 135 Å². The molecule has 3 heterocycles. The van der Waals surface area contributed by atoms with Gasteiger partial charge in [-0.3, -0.25) is 4.68 Å². The number of nitrogens with zero attached hydrogens (tertiary/aromatic N) is 7. The number of anilines is 2. The van der Waals surface area contributed by atoms with Crippen molar-refractivity contribution in [3.05, 3.63) is 22.8 Å². The number of hydrogen-bond acceptors (Lipinski definition) is 6. The molecule has 0 aromatic carbocycles. The quantitative estimate of drug-likeness (QED) is 0.782. The molecule has 8 heteroatoms. The van der Waals surface area contributed by atoms with Crippen LogP contribution < -0.4 is 10.6 Å². The fourth-order valence-corrected chi connectivity index (χ4v) is 2.80. The van der Waals surface area contributed by atoms with E-state index in [4.69, 9.17) is 5.73 Å². The minimum Gasteiger partial charge on any atom is -0.368 e. The highest BCUT2D eigenvalue weighted by Gasteiger charge is 2.19. The van der Waals surface area contributed by atoms with Crippen LogP contribution in [0.5, 0.6) is 0 Å². The molecular weight excluding hydrogens is 292 g/mol. The lowest BCUT2D eigenvalue weighted by Gasteiger charge is -2.19. The summed E-state index contributed by atoms with van der Waals surface area (Å²) in [6, 6.07) is 0. The number of aryl methyl sites for hydroxylation is 4. The lowest BCUT2D eigenvalue weighted by Crippen LogP contribution is -2.20. The summed E-state index contributed by atoms with van der Waals surface area (Å²) in [4.78, 5) is 15.3. The molecular formula is C15H22N8. The number of fused-ring (bicyclic) bond motifs is 1. The first-order valence-corrected chi connectivity index (χ1v) is 7.46. The van der Waals surface area contributed by atoms with E-state index in [0.29, 0.717) is 6.54 Å². The van der Waals surface area contributed by atoms with E-state index in [0.717, 1.165) is 34.2 Å². The predicted molar refractivity (Wildman–Crippen MR) is 90.2 cm³/mol. The summed E-state index contributed by atoms with van der Waals surface area (Å²) in [6.07, 6.45) is 0. The third kappa shape index (κ3) is 2.39. The molecule has 3 aromatic heterocycles. The minimum atomic E-state index is 0.252. The summed E-state index contributed by atoms with van der Waals surface area (Å²) in [7, 11) is 5.86. The summed E-state index contributed by atoms with van der Waals surface area (Å²) in [6.45, 7) is 6.72. The van der Waals surface area contributed by atoms with Crippen molar-refractivity contribution < 1.29 is 0 Å². The van der Waals surface area contributed by atoms with E-state index in [2.05, 4.69) is 27.0 Å². The highest BCUT2D eigenvalue weighted by Crippen LogP contribution is 2.26. The van der Waals surface area contributed by atoms with Gasteiger partial charge >= 0.3 is 0 Å². The Hall–Kier alpha value is -2.64. The van der Waals surface area contributed by atoms with Crippen LogP contribution in [0.25, 0.3) is 11.2 Å². The van der Waals surface area contributed by atoms with Crippen LogP contribution in [-0.4, -0.2) is 36.3 Å². The number of rotatable bonds is 3. The van der Waals surface area contributed by atoms with E-state index >= 15 is 0 Å². The van der Waals surface area contributed by atoms with Gasteiger partial charge in [0.1, 0.15) is 5.82 Å². The van der Waals surface area contributed by atoms with Gasteiger partial charge < -0.3 is 15.2 Å². The molecule has 3 rings (SSSR count). The topological polar surface area (TPSA) is 90.7 Å². The van der Waals surface area contributed by atoms with Crippen LogP contribution in [0.1, 0.15) is 22.8 Å². The van der Waals surface area contributed by atoms with Gasteiger partial charge in [0, 0.05) is 38.9 Å². The molecule has 0 atom stereocenters. The molecule has 0 amide bonds. The first-order chi connectivity index (χ1) is 10.8. The fraction of sp³-hybridized carbons (Fsp3) is 0.467. The van der Waals surface area contributed by atoms with Crippen LogP contribution in [-0.2, 0) is 20.6 Å². The van der Waals surface area contributed by atoms with E-state index in [1.165, 1.54) is 5.56 Å². The molecule has 0 aliphatic rings. The van der Waals surface area contributed by atoms with Crippen molar-refractivity contribution in [1.29, 1.82) is 0 Å². The normalized spacial score (nSPS) is 11.4. The fourth-order valence-electron chi connectivity index (χ4n) is 2.80. The average Bonchev–Trinajstić information content (AvgIpc) is 2.90. The lowest BCUT2D eigenvalue weighted by molar-refractivity contribution is 0.729. The first-order valence-electron chi connectivity index (χ1n) is 7.46. The molecule has 0 aliphatic carbocycles. The van der Waals surface area contributed by atoms with Gasteiger partial charge in [-0.1, -0.05) is 0 Å². The van der Waals surface area contributed by atoms with Crippen molar-refractivity contribution in [3.63, 3.8) is 0 Å². The van der Waals surface area contributed by atoms with E-state index in [-0.39, 0.29) is 5.95 Å². The van der Waals surface area contributed by atoms with Gasteiger partial charge in [0.2, 0.25) is 5.95 Å². The van der Waals surface area contributed by atoms with Gasteiger partial charge in [-0.05, 0) is 20.8 Å². The largest absolute Gasteiger partial charge is 0.368 e. The van der Waals surface area contributed by atoms with E-state index in [9.17, 15) is 0 Å². The van der Waals surface area contributed by atoms with Crippen LogP contribution in [0.3, 0.4) is 0 Å². The van der Waals surface area contributed by atoms with Crippen LogP contribution in [0.15, 0.2) is 0 Å². The highest BCUT2D eigenvalue weighted by atomic mass is 15.3. The molecule has 0 fully saturated rings. The molecule has 23 heavy (non-hydrogen) atoms. The summed E-state index contributed by atoms with van der Waals surface area (Å²) >= 11 is 0. The Kier molecular flexibility index (Phi) is 3.46. The van der Waals surface area contributed by atoms with Gasteiger partial charge in [-0.25, -0.2) is 4.98 Å². The zero-order valence-electron chi connectivity index (χ0n) is 14.4. The molecule has 0 aliphatic heterocycles. The molecule has 0 bridgehead atoms. The number of nitrogens with two attached hydrogens (primary N) is 1. The third-order valence-electron chi connectivity index (χ3n) is 4.36. The molecule has 0 saturated heterocycles. The molecule has 0 spiro atoms. The van der Waals surface area contributed by atoms with Gasteiger partial charge in [-0.2, -0.15) is 15.1 Å². The smallest absolute Gasteiger partial charge is 0.224 e. The zero-order valence-corrected chi connectivity index (χ0v) is 14.4.